The van der Waals surface area contributed by atoms with Gasteiger partial charge in [0.05, 0.1) is 12.9 Å². The summed E-state index contributed by atoms with van der Waals surface area (Å²) in [6.45, 7) is 1.66. The predicted molar refractivity (Wildman–Crippen MR) is 87.2 cm³/mol. The molecular formula is C18H19N3O2. The van der Waals surface area contributed by atoms with E-state index in [1.165, 1.54) is 11.3 Å². The van der Waals surface area contributed by atoms with Crippen molar-refractivity contribution in [2.75, 3.05) is 6.61 Å². The molecule has 5 nitrogen and oxygen atoms in total. The van der Waals surface area contributed by atoms with Gasteiger partial charge in [0.2, 0.25) is 5.91 Å². The lowest BCUT2D eigenvalue weighted by Gasteiger charge is -2.24. The number of amides is 1. The fourth-order valence-electron chi connectivity index (χ4n) is 3.22. The number of fused-ring (bicyclic) bond motifs is 2. The van der Waals surface area contributed by atoms with Crippen LogP contribution in [0.15, 0.2) is 36.8 Å². The number of nitrogens with zero attached hydrogens (tertiary/aromatic N) is 2. The van der Waals surface area contributed by atoms with Crippen LogP contribution in [0.1, 0.15) is 23.2 Å². The quantitative estimate of drug-likeness (QED) is 0.882. The van der Waals surface area contributed by atoms with E-state index in [9.17, 15) is 4.79 Å². The van der Waals surface area contributed by atoms with Crippen LogP contribution in [0.5, 0.6) is 5.75 Å². The summed E-state index contributed by atoms with van der Waals surface area (Å²) in [7, 11) is 0. The Balaban J connectivity index is 1.37. The van der Waals surface area contributed by atoms with E-state index < -0.39 is 0 Å². The molecular weight excluding hydrogens is 290 g/mol. The van der Waals surface area contributed by atoms with Crippen molar-refractivity contribution in [2.24, 2.45) is 0 Å². The Morgan fingerprint density at radius 3 is 3.35 bits per heavy atom. The minimum Gasteiger partial charge on any atom is -0.493 e. The summed E-state index contributed by atoms with van der Waals surface area (Å²) in [5.74, 6) is 0.921. The molecule has 0 aliphatic carbocycles. The fourth-order valence-corrected chi connectivity index (χ4v) is 3.22. The van der Waals surface area contributed by atoms with Crippen molar-refractivity contribution in [1.82, 2.24) is 14.9 Å². The smallest absolute Gasteiger partial charge is 0.244 e. The summed E-state index contributed by atoms with van der Waals surface area (Å²) in [6, 6.07) is 6.23. The monoisotopic (exact) mass is 309 g/mol. The highest BCUT2D eigenvalue weighted by atomic mass is 16.5. The van der Waals surface area contributed by atoms with Gasteiger partial charge >= 0.3 is 0 Å². The Bertz CT molecular complexity index is 763. The Morgan fingerprint density at radius 1 is 1.43 bits per heavy atom. The molecule has 0 fully saturated rings. The van der Waals surface area contributed by atoms with Crippen molar-refractivity contribution < 1.29 is 9.53 Å². The molecule has 4 rings (SSSR count). The van der Waals surface area contributed by atoms with E-state index in [0.29, 0.717) is 0 Å². The number of hydrogen-bond acceptors (Lipinski definition) is 3. The third-order valence-electron chi connectivity index (χ3n) is 4.46. The number of aryl methyl sites for hydroxylation is 1. The summed E-state index contributed by atoms with van der Waals surface area (Å²) in [5, 5.41) is 3.08. The number of carbonyl (C=O) groups excluding carboxylic acids is 1. The number of benzene rings is 1. The second kappa shape index (κ2) is 5.91. The first-order valence-electron chi connectivity index (χ1n) is 8.01. The van der Waals surface area contributed by atoms with Gasteiger partial charge in [-0.05, 0) is 35.8 Å². The zero-order valence-corrected chi connectivity index (χ0v) is 12.9. The van der Waals surface area contributed by atoms with Crippen LogP contribution in [-0.4, -0.2) is 28.1 Å². The lowest BCUT2D eigenvalue weighted by molar-refractivity contribution is -0.117. The standard InChI is InChI=1S/C18H19N3O2/c22-18(20-15-5-7-21-12-19-11-16(21)10-15)4-2-13-1-3-17-14(9-13)6-8-23-17/h1-4,9,11-12,15H,5-8,10H2,(H,20,22). The fraction of sp³-hybridized carbons (Fsp3) is 0.333. The molecule has 1 unspecified atom stereocenters. The second-order valence-electron chi connectivity index (χ2n) is 6.08. The van der Waals surface area contributed by atoms with Gasteiger partial charge in [0, 0.05) is 43.4 Å². The van der Waals surface area contributed by atoms with Crippen LogP contribution in [0.2, 0.25) is 0 Å². The highest BCUT2D eigenvalue weighted by Crippen LogP contribution is 2.26. The van der Waals surface area contributed by atoms with Gasteiger partial charge in [-0.1, -0.05) is 6.07 Å². The van der Waals surface area contributed by atoms with Crippen molar-refractivity contribution in [3.63, 3.8) is 0 Å². The Morgan fingerprint density at radius 2 is 2.39 bits per heavy atom. The van der Waals surface area contributed by atoms with Gasteiger partial charge in [-0.3, -0.25) is 4.79 Å². The van der Waals surface area contributed by atoms with Gasteiger partial charge in [0.25, 0.3) is 0 Å². The Labute approximate surface area is 135 Å². The topological polar surface area (TPSA) is 56.1 Å². The molecule has 1 amide bonds. The van der Waals surface area contributed by atoms with E-state index in [-0.39, 0.29) is 11.9 Å². The van der Waals surface area contributed by atoms with Crippen molar-refractivity contribution in [1.29, 1.82) is 0 Å². The first kappa shape index (κ1) is 14.1. The van der Waals surface area contributed by atoms with Crippen molar-refractivity contribution in [3.05, 3.63) is 53.6 Å². The lowest BCUT2D eigenvalue weighted by atomic mass is 10.0. The third kappa shape index (κ3) is 2.99. The van der Waals surface area contributed by atoms with Crippen LogP contribution >= 0.6 is 0 Å². The zero-order chi connectivity index (χ0) is 15.6. The predicted octanol–water partition coefficient (Wildman–Crippen LogP) is 1.96. The van der Waals surface area contributed by atoms with Crippen LogP contribution in [0.3, 0.4) is 0 Å². The van der Waals surface area contributed by atoms with E-state index in [4.69, 9.17) is 4.74 Å². The molecule has 3 heterocycles. The number of hydrogen-bond donors (Lipinski definition) is 1. The van der Waals surface area contributed by atoms with E-state index in [2.05, 4.69) is 20.9 Å². The number of nitrogens with one attached hydrogen (secondary N) is 1. The molecule has 2 aliphatic heterocycles. The molecule has 2 aliphatic rings. The van der Waals surface area contributed by atoms with E-state index >= 15 is 0 Å². The average molecular weight is 309 g/mol. The molecule has 23 heavy (non-hydrogen) atoms. The van der Waals surface area contributed by atoms with Crippen LogP contribution < -0.4 is 10.1 Å². The van der Waals surface area contributed by atoms with Crippen LogP contribution in [0, 0.1) is 0 Å². The number of carbonyl (C=O) groups is 1. The van der Waals surface area contributed by atoms with Gasteiger partial charge in [-0.2, -0.15) is 0 Å². The third-order valence-corrected chi connectivity index (χ3v) is 4.46. The molecule has 0 spiro atoms. The first-order valence-corrected chi connectivity index (χ1v) is 8.01. The van der Waals surface area contributed by atoms with Gasteiger partial charge in [-0.15, -0.1) is 0 Å². The van der Waals surface area contributed by atoms with Crippen molar-refractivity contribution >= 4 is 12.0 Å². The van der Waals surface area contributed by atoms with E-state index in [1.807, 2.05) is 30.7 Å². The SMILES string of the molecule is O=C(C=Cc1ccc2c(c1)CCO2)NC1CCn2cncc2C1. The molecule has 5 heteroatoms. The minimum absolute atomic E-state index is 0.0419. The van der Waals surface area contributed by atoms with Gasteiger partial charge in [0.1, 0.15) is 5.75 Å². The molecule has 0 radical (unpaired) electrons. The highest BCUT2D eigenvalue weighted by molar-refractivity contribution is 5.92. The Hall–Kier alpha value is -2.56. The average Bonchev–Trinajstić information content (AvgIpc) is 3.20. The highest BCUT2D eigenvalue weighted by Gasteiger charge is 2.19. The number of aromatic nitrogens is 2. The van der Waals surface area contributed by atoms with Gasteiger partial charge in [0.15, 0.2) is 0 Å². The first-order chi connectivity index (χ1) is 11.3. The summed E-state index contributed by atoms with van der Waals surface area (Å²) in [5.41, 5.74) is 3.43. The molecule has 1 N–H and O–H groups in total. The molecule has 2 aromatic rings. The largest absolute Gasteiger partial charge is 0.493 e. The van der Waals surface area contributed by atoms with Gasteiger partial charge in [-0.25, -0.2) is 4.98 Å². The van der Waals surface area contributed by atoms with Gasteiger partial charge < -0.3 is 14.6 Å². The molecule has 0 saturated carbocycles. The molecule has 1 aromatic heterocycles. The van der Waals surface area contributed by atoms with Crippen LogP contribution in [0.25, 0.3) is 6.08 Å². The molecule has 0 bridgehead atoms. The lowest BCUT2D eigenvalue weighted by Crippen LogP contribution is -2.39. The van der Waals surface area contributed by atoms with Crippen molar-refractivity contribution in [2.45, 2.75) is 31.8 Å². The molecule has 1 aromatic carbocycles. The number of rotatable bonds is 3. The molecule has 0 saturated heterocycles. The minimum atomic E-state index is -0.0419. The Kier molecular flexibility index (Phi) is 3.61. The number of ether oxygens (including phenoxy) is 1. The van der Waals surface area contributed by atoms with Crippen LogP contribution in [0.4, 0.5) is 0 Å². The summed E-state index contributed by atoms with van der Waals surface area (Å²) >= 11 is 0. The van der Waals surface area contributed by atoms with E-state index in [1.54, 1.807) is 6.08 Å². The van der Waals surface area contributed by atoms with Crippen molar-refractivity contribution in [3.8, 4) is 5.75 Å². The maximum atomic E-state index is 12.1. The summed E-state index contributed by atoms with van der Waals surface area (Å²) in [4.78, 5) is 16.3. The second-order valence-corrected chi connectivity index (χ2v) is 6.08. The van der Waals surface area contributed by atoms with E-state index in [0.717, 1.165) is 43.7 Å². The molecule has 1 atom stereocenters. The normalized spacial score (nSPS) is 19.2. The summed E-state index contributed by atoms with van der Waals surface area (Å²) in [6.07, 6.45) is 9.93. The maximum absolute atomic E-state index is 12.1. The van der Waals surface area contributed by atoms with Crippen LogP contribution in [-0.2, 0) is 24.2 Å². The number of imidazole rings is 1. The summed E-state index contributed by atoms with van der Waals surface area (Å²) < 4.78 is 7.64. The maximum Gasteiger partial charge on any atom is 0.244 e. The zero-order valence-electron chi connectivity index (χ0n) is 12.9. The molecule has 118 valence electrons.